The first-order chi connectivity index (χ1) is 9.72. The van der Waals surface area contributed by atoms with Crippen molar-refractivity contribution in [1.82, 2.24) is 5.32 Å². The van der Waals surface area contributed by atoms with E-state index in [1.807, 2.05) is 0 Å². The first-order valence-corrected chi connectivity index (χ1v) is 8.53. The SMILES string of the molecule is CC(C)Cc1ccc(CCC2NCC3CCCC32)cc1. The predicted octanol–water partition coefficient (Wildman–Crippen LogP) is 4.21. The summed E-state index contributed by atoms with van der Waals surface area (Å²) in [6.07, 6.45) is 8.17. The van der Waals surface area contributed by atoms with Gasteiger partial charge in [-0.2, -0.15) is 0 Å². The molecule has 0 spiro atoms. The fourth-order valence-electron chi connectivity index (χ4n) is 4.25. The zero-order valence-corrected chi connectivity index (χ0v) is 13.1. The molecule has 1 saturated heterocycles. The Morgan fingerprint density at radius 1 is 1.10 bits per heavy atom. The molecule has 1 heterocycles. The van der Waals surface area contributed by atoms with Gasteiger partial charge in [0.05, 0.1) is 0 Å². The highest BCUT2D eigenvalue weighted by atomic mass is 15.0. The minimum Gasteiger partial charge on any atom is -0.313 e. The molecule has 1 nitrogen and oxygen atoms in total. The maximum Gasteiger partial charge on any atom is 0.0102 e. The topological polar surface area (TPSA) is 12.0 Å². The van der Waals surface area contributed by atoms with Gasteiger partial charge in [0.2, 0.25) is 0 Å². The van der Waals surface area contributed by atoms with Crippen molar-refractivity contribution in [1.29, 1.82) is 0 Å². The third kappa shape index (κ3) is 3.25. The Bertz CT molecular complexity index is 420. The molecule has 1 N–H and O–H groups in total. The molecular weight excluding hydrogens is 242 g/mol. The smallest absolute Gasteiger partial charge is 0.0102 e. The Morgan fingerprint density at radius 2 is 1.85 bits per heavy atom. The summed E-state index contributed by atoms with van der Waals surface area (Å²) >= 11 is 0. The van der Waals surface area contributed by atoms with Crippen LogP contribution in [0.1, 0.15) is 50.7 Å². The van der Waals surface area contributed by atoms with E-state index >= 15 is 0 Å². The zero-order valence-electron chi connectivity index (χ0n) is 13.1. The number of hydrogen-bond donors (Lipinski definition) is 1. The van der Waals surface area contributed by atoms with E-state index in [2.05, 4.69) is 43.4 Å². The van der Waals surface area contributed by atoms with Crippen molar-refractivity contribution >= 4 is 0 Å². The van der Waals surface area contributed by atoms with Crippen LogP contribution < -0.4 is 5.32 Å². The van der Waals surface area contributed by atoms with Crippen molar-refractivity contribution in [2.24, 2.45) is 17.8 Å². The summed E-state index contributed by atoms with van der Waals surface area (Å²) in [7, 11) is 0. The van der Waals surface area contributed by atoms with E-state index in [1.165, 1.54) is 56.2 Å². The minimum atomic E-state index is 0.753. The van der Waals surface area contributed by atoms with Crippen LogP contribution in [0.25, 0.3) is 0 Å². The van der Waals surface area contributed by atoms with E-state index in [-0.39, 0.29) is 0 Å². The first-order valence-electron chi connectivity index (χ1n) is 8.53. The van der Waals surface area contributed by atoms with Gasteiger partial charge in [-0.15, -0.1) is 0 Å². The minimum absolute atomic E-state index is 0.753. The number of rotatable bonds is 5. The summed E-state index contributed by atoms with van der Waals surface area (Å²) in [5.74, 6) is 2.73. The van der Waals surface area contributed by atoms with Gasteiger partial charge < -0.3 is 5.32 Å². The lowest BCUT2D eigenvalue weighted by Crippen LogP contribution is -2.27. The number of benzene rings is 1. The highest BCUT2D eigenvalue weighted by Crippen LogP contribution is 2.38. The number of hydrogen-bond acceptors (Lipinski definition) is 1. The van der Waals surface area contributed by atoms with Crippen LogP contribution in [0.4, 0.5) is 0 Å². The Kier molecular flexibility index (Phi) is 4.45. The zero-order chi connectivity index (χ0) is 13.9. The summed E-state index contributed by atoms with van der Waals surface area (Å²) in [5, 5.41) is 3.77. The Hall–Kier alpha value is -0.820. The Balaban J connectivity index is 1.51. The van der Waals surface area contributed by atoms with Crippen LogP contribution in [-0.4, -0.2) is 12.6 Å². The molecule has 2 aliphatic rings. The molecule has 1 aliphatic heterocycles. The van der Waals surface area contributed by atoms with Crippen LogP contribution in [-0.2, 0) is 12.8 Å². The third-order valence-electron chi connectivity index (χ3n) is 5.29. The molecule has 1 heteroatoms. The molecule has 0 radical (unpaired) electrons. The second kappa shape index (κ2) is 6.30. The molecular formula is C19H29N. The molecule has 110 valence electrons. The van der Waals surface area contributed by atoms with Crippen LogP contribution in [0.2, 0.25) is 0 Å². The molecule has 3 atom stereocenters. The molecule has 2 fully saturated rings. The number of fused-ring (bicyclic) bond motifs is 1. The molecule has 1 aromatic rings. The average molecular weight is 271 g/mol. The van der Waals surface area contributed by atoms with Gasteiger partial charge in [0.25, 0.3) is 0 Å². The summed E-state index contributed by atoms with van der Waals surface area (Å²) in [6, 6.07) is 10.1. The Morgan fingerprint density at radius 3 is 2.60 bits per heavy atom. The molecule has 1 aromatic carbocycles. The van der Waals surface area contributed by atoms with Gasteiger partial charge in [0.15, 0.2) is 0 Å². The van der Waals surface area contributed by atoms with Crippen molar-refractivity contribution < 1.29 is 0 Å². The number of aryl methyl sites for hydroxylation is 1. The second-order valence-corrected chi connectivity index (χ2v) is 7.32. The molecule has 3 unspecified atom stereocenters. The van der Waals surface area contributed by atoms with Gasteiger partial charge in [0, 0.05) is 6.04 Å². The normalized spacial score (nSPS) is 29.1. The van der Waals surface area contributed by atoms with Gasteiger partial charge in [0.1, 0.15) is 0 Å². The van der Waals surface area contributed by atoms with Crippen molar-refractivity contribution in [2.45, 2.75) is 58.4 Å². The second-order valence-electron chi connectivity index (χ2n) is 7.32. The van der Waals surface area contributed by atoms with Gasteiger partial charge >= 0.3 is 0 Å². The molecule has 3 rings (SSSR count). The summed E-state index contributed by atoms with van der Waals surface area (Å²) in [4.78, 5) is 0. The van der Waals surface area contributed by atoms with Crippen LogP contribution in [0.15, 0.2) is 24.3 Å². The predicted molar refractivity (Wildman–Crippen MR) is 85.9 cm³/mol. The van der Waals surface area contributed by atoms with Crippen molar-refractivity contribution in [2.75, 3.05) is 6.54 Å². The Labute approximate surface area is 124 Å². The number of nitrogens with one attached hydrogen (secondary N) is 1. The summed E-state index contributed by atoms with van der Waals surface area (Å²) in [6.45, 7) is 5.86. The van der Waals surface area contributed by atoms with Crippen molar-refractivity contribution in [3.05, 3.63) is 35.4 Å². The average Bonchev–Trinajstić information content (AvgIpc) is 3.01. The van der Waals surface area contributed by atoms with Crippen LogP contribution in [0.3, 0.4) is 0 Å². The van der Waals surface area contributed by atoms with Gasteiger partial charge in [-0.25, -0.2) is 0 Å². The third-order valence-corrected chi connectivity index (χ3v) is 5.29. The van der Waals surface area contributed by atoms with Gasteiger partial charge in [-0.05, 0) is 67.5 Å². The largest absolute Gasteiger partial charge is 0.313 e. The van der Waals surface area contributed by atoms with Crippen molar-refractivity contribution in [3.63, 3.8) is 0 Å². The molecule has 1 aliphatic carbocycles. The van der Waals surface area contributed by atoms with Crippen molar-refractivity contribution in [3.8, 4) is 0 Å². The van der Waals surface area contributed by atoms with Gasteiger partial charge in [-0.1, -0.05) is 44.5 Å². The van der Waals surface area contributed by atoms with Crippen LogP contribution in [0, 0.1) is 17.8 Å². The highest BCUT2D eigenvalue weighted by molar-refractivity contribution is 5.23. The van der Waals surface area contributed by atoms with Crippen LogP contribution >= 0.6 is 0 Å². The summed E-state index contributed by atoms with van der Waals surface area (Å²) in [5.41, 5.74) is 3.00. The monoisotopic (exact) mass is 271 g/mol. The lowest BCUT2D eigenvalue weighted by molar-refractivity contribution is 0.393. The van der Waals surface area contributed by atoms with Crippen LogP contribution in [0.5, 0.6) is 0 Å². The fourth-order valence-corrected chi connectivity index (χ4v) is 4.25. The standard InChI is InChI=1S/C19H29N/c1-14(2)12-16-8-6-15(7-9-16)10-11-19-18-5-3-4-17(18)13-20-19/h6-9,14,17-20H,3-5,10-13H2,1-2H3. The molecule has 0 amide bonds. The molecule has 0 aromatic heterocycles. The van der Waals surface area contributed by atoms with Gasteiger partial charge in [-0.3, -0.25) is 0 Å². The van der Waals surface area contributed by atoms with E-state index < -0.39 is 0 Å². The fraction of sp³-hybridized carbons (Fsp3) is 0.684. The summed E-state index contributed by atoms with van der Waals surface area (Å²) < 4.78 is 0. The molecule has 1 saturated carbocycles. The van der Waals surface area contributed by atoms with E-state index in [0.717, 1.165) is 23.8 Å². The lowest BCUT2D eigenvalue weighted by atomic mass is 9.90. The lowest BCUT2D eigenvalue weighted by Gasteiger charge is -2.18. The van der Waals surface area contributed by atoms with E-state index in [4.69, 9.17) is 0 Å². The maximum atomic E-state index is 3.77. The van der Waals surface area contributed by atoms with E-state index in [0.29, 0.717) is 0 Å². The van der Waals surface area contributed by atoms with E-state index in [1.54, 1.807) is 0 Å². The van der Waals surface area contributed by atoms with E-state index in [9.17, 15) is 0 Å². The molecule has 0 bridgehead atoms. The first kappa shape index (κ1) is 14.1. The molecule has 20 heavy (non-hydrogen) atoms. The highest BCUT2D eigenvalue weighted by Gasteiger charge is 2.38. The maximum absolute atomic E-state index is 3.77. The quantitative estimate of drug-likeness (QED) is 0.846.